The minimum absolute atomic E-state index is 0.607. The van der Waals surface area contributed by atoms with Gasteiger partial charge in [0.2, 0.25) is 0 Å². The van der Waals surface area contributed by atoms with Crippen LogP contribution in [-0.4, -0.2) is 42.8 Å². The number of nitrogens with zero attached hydrogens (tertiary/aromatic N) is 3. The van der Waals surface area contributed by atoms with Gasteiger partial charge in [-0.05, 0) is 23.8 Å². The first-order valence-electron chi connectivity index (χ1n) is 6.24. The molecule has 0 saturated carbocycles. The molecular formula is C13H18N5O3+. The third kappa shape index (κ3) is 3.18. The van der Waals surface area contributed by atoms with Gasteiger partial charge in [-0.25, -0.2) is 16.6 Å². The van der Waals surface area contributed by atoms with E-state index in [1.807, 2.05) is 6.07 Å². The normalized spacial score (nSPS) is 21.9. The van der Waals surface area contributed by atoms with Crippen molar-refractivity contribution in [2.75, 3.05) is 14.2 Å². The molecule has 0 aromatic heterocycles. The highest BCUT2D eigenvalue weighted by Gasteiger charge is 2.35. The monoisotopic (exact) mass is 292 g/mol. The lowest BCUT2D eigenvalue weighted by atomic mass is 10.2. The van der Waals surface area contributed by atoms with E-state index in [0.717, 1.165) is 10.6 Å². The molecule has 4 N–H and O–H groups in total. The molecule has 1 aromatic rings. The van der Waals surface area contributed by atoms with Crippen molar-refractivity contribution in [2.45, 2.75) is 12.5 Å². The van der Waals surface area contributed by atoms with Gasteiger partial charge in [0, 0.05) is 11.0 Å². The van der Waals surface area contributed by atoms with Gasteiger partial charge in [0.05, 0.1) is 19.0 Å². The lowest BCUT2D eigenvalue weighted by Gasteiger charge is -2.19. The molecule has 2 unspecified atom stereocenters. The van der Waals surface area contributed by atoms with E-state index >= 15 is 0 Å². The van der Waals surface area contributed by atoms with Gasteiger partial charge < -0.3 is 9.47 Å². The second-order valence-electron chi connectivity index (χ2n) is 4.37. The van der Waals surface area contributed by atoms with Crippen molar-refractivity contribution in [3.63, 3.8) is 0 Å². The molecule has 1 aromatic carbocycles. The second-order valence-corrected chi connectivity index (χ2v) is 4.37. The highest BCUT2D eigenvalue weighted by molar-refractivity contribution is 5.58. The van der Waals surface area contributed by atoms with Crippen LogP contribution in [0.15, 0.2) is 29.3 Å². The number of aliphatic imine (C=N–C) groups is 1. The van der Waals surface area contributed by atoms with E-state index in [1.54, 1.807) is 38.5 Å². The maximum Gasteiger partial charge on any atom is 0.349 e. The van der Waals surface area contributed by atoms with Crippen molar-refractivity contribution in [1.29, 1.82) is 0 Å². The Balaban J connectivity index is 2.18. The second kappa shape index (κ2) is 6.33. The van der Waals surface area contributed by atoms with Gasteiger partial charge >= 0.3 is 12.5 Å². The Bertz CT molecular complexity index is 587. The third-order valence-electron chi connectivity index (χ3n) is 3.05. The molecule has 8 nitrogen and oxygen atoms in total. The molecule has 0 amide bonds. The number of nitroso groups, excluding NO2 is 1. The maximum atomic E-state index is 11.8. The van der Waals surface area contributed by atoms with E-state index in [-0.39, 0.29) is 0 Å². The predicted molar refractivity (Wildman–Crippen MR) is 78.5 cm³/mol. The van der Waals surface area contributed by atoms with Crippen LogP contribution in [0.2, 0.25) is 0 Å². The van der Waals surface area contributed by atoms with Crippen LogP contribution in [0.1, 0.15) is 5.56 Å². The molecule has 1 aliphatic rings. The van der Waals surface area contributed by atoms with Crippen LogP contribution < -0.4 is 21.1 Å². The summed E-state index contributed by atoms with van der Waals surface area (Å²) in [5.74, 6) is 6.71. The molecule has 1 heterocycles. The standard InChI is InChI=1S/C13H18N5O3/c1-20-10-5-3-9(7-11(10)21-2)4-6-12-16-8-17(15)13(14)18(12)19/h3-8,12-13H,14-15H2,1-2H3/q+1. The summed E-state index contributed by atoms with van der Waals surface area (Å²) in [5.41, 5.74) is 6.46. The summed E-state index contributed by atoms with van der Waals surface area (Å²) < 4.78 is 11.0. The number of hydrogen-bond acceptors (Lipinski definition) is 7. The Morgan fingerprint density at radius 1 is 1.33 bits per heavy atom. The topological polar surface area (TPSA) is 106 Å². The smallest absolute Gasteiger partial charge is 0.349 e. The molecule has 1 aliphatic heterocycles. The zero-order valence-corrected chi connectivity index (χ0v) is 11.8. The summed E-state index contributed by atoms with van der Waals surface area (Å²) in [7, 11) is 3.13. The highest BCUT2D eigenvalue weighted by atomic mass is 16.5. The number of hydrogen-bond donors (Lipinski definition) is 2. The molecule has 8 heteroatoms. The van der Waals surface area contributed by atoms with Gasteiger partial charge in [-0.2, -0.15) is 4.99 Å². The predicted octanol–water partition coefficient (Wildman–Crippen LogP) is 0.282. The first kappa shape index (κ1) is 14.9. The van der Waals surface area contributed by atoms with Gasteiger partial charge in [-0.3, -0.25) is 0 Å². The number of nitrogens with two attached hydrogens (primary N) is 2. The van der Waals surface area contributed by atoms with Gasteiger partial charge in [0.15, 0.2) is 11.5 Å². The molecule has 2 rings (SSSR count). The average molecular weight is 292 g/mol. The third-order valence-corrected chi connectivity index (χ3v) is 3.05. The quantitative estimate of drug-likeness (QED) is 0.610. The summed E-state index contributed by atoms with van der Waals surface area (Å²) >= 11 is 0. The number of rotatable bonds is 4. The molecule has 0 aliphatic carbocycles. The van der Waals surface area contributed by atoms with Crippen molar-refractivity contribution in [1.82, 2.24) is 5.01 Å². The maximum absolute atomic E-state index is 11.8. The highest BCUT2D eigenvalue weighted by Crippen LogP contribution is 2.28. The lowest BCUT2D eigenvalue weighted by Crippen LogP contribution is -2.57. The van der Waals surface area contributed by atoms with Crippen molar-refractivity contribution >= 4 is 12.4 Å². The zero-order valence-electron chi connectivity index (χ0n) is 11.8. The average Bonchev–Trinajstić information content (AvgIpc) is 2.51. The number of ether oxygens (including phenoxy) is 2. The first-order chi connectivity index (χ1) is 10.1. The summed E-state index contributed by atoms with van der Waals surface area (Å²) in [6.07, 6.45) is 3.06. The largest absolute Gasteiger partial charge is 0.493 e. The van der Waals surface area contributed by atoms with Crippen LogP contribution in [-0.2, 0) is 0 Å². The van der Waals surface area contributed by atoms with E-state index in [1.165, 1.54) is 6.34 Å². The minimum atomic E-state index is -0.956. The molecule has 2 atom stereocenters. The Morgan fingerprint density at radius 3 is 2.71 bits per heavy atom. The van der Waals surface area contributed by atoms with Crippen molar-refractivity contribution in [2.24, 2.45) is 16.6 Å². The summed E-state index contributed by atoms with van der Waals surface area (Å²) in [5, 5.41) is 1.05. The lowest BCUT2D eigenvalue weighted by molar-refractivity contribution is -0.630. The van der Waals surface area contributed by atoms with Gasteiger partial charge in [-0.15, -0.1) is 0 Å². The van der Waals surface area contributed by atoms with Gasteiger partial charge in [0.1, 0.15) is 6.34 Å². The van der Waals surface area contributed by atoms with Crippen molar-refractivity contribution in [3.8, 4) is 11.5 Å². The van der Waals surface area contributed by atoms with Crippen LogP contribution >= 0.6 is 0 Å². The SMILES string of the molecule is COc1ccc(C=CC2N=CN(N)C(N)[N+]2=O)cc1OC. The fraction of sp³-hybridized carbons (Fsp3) is 0.308. The number of methoxy groups -OCH3 is 2. The molecule has 21 heavy (non-hydrogen) atoms. The van der Waals surface area contributed by atoms with Crippen LogP contribution in [0.25, 0.3) is 6.08 Å². The van der Waals surface area contributed by atoms with Crippen LogP contribution in [0, 0.1) is 4.91 Å². The van der Waals surface area contributed by atoms with Crippen LogP contribution in [0.4, 0.5) is 0 Å². The molecule has 0 saturated heterocycles. The first-order valence-corrected chi connectivity index (χ1v) is 6.24. The Hall–Kier alpha value is -2.45. The Labute approximate surface area is 122 Å². The number of hydrazine groups is 1. The van der Waals surface area contributed by atoms with E-state index in [0.29, 0.717) is 16.3 Å². The van der Waals surface area contributed by atoms with E-state index in [4.69, 9.17) is 21.1 Å². The van der Waals surface area contributed by atoms with Crippen molar-refractivity contribution < 1.29 is 14.2 Å². The van der Waals surface area contributed by atoms with Crippen molar-refractivity contribution in [3.05, 3.63) is 34.7 Å². The molecule has 0 fully saturated rings. The molecular weight excluding hydrogens is 274 g/mol. The molecule has 112 valence electrons. The summed E-state index contributed by atoms with van der Waals surface area (Å²) in [6.45, 7) is 0. The number of benzene rings is 1. The van der Waals surface area contributed by atoms with E-state index < -0.39 is 12.5 Å². The summed E-state index contributed by atoms with van der Waals surface area (Å²) in [6, 6.07) is 5.42. The molecule has 0 spiro atoms. The Morgan fingerprint density at radius 2 is 2.05 bits per heavy atom. The molecule has 0 radical (unpaired) electrons. The van der Waals surface area contributed by atoms with Gasteiger partial charge in [0.25, 0.3) is 0 Å². The fourth-order valence-electron chi connectivity index (χ4n) is 1.86. The van der Waals surface area contributed by atoms with Gasteiger partial charge in [-0.1, -0.05) is 6.07 Å². The van der Waals surface area contributed by atoms with E-state index in [9.17, 15) is 4.91 Å². The van der Waals surface area contributed by atoms with Crippen LogP contribution in [0.5, 0.6) is 11.5 Å². The molecule has 0 bridgehead atoms. The summed E-state index contributed by atoms with van der Waals surface area (Å²) in [4.78, 5) is 15.8. The van der Waals surface area contributed by atoms with E-state index in [2.05, 4.69) is 4.99 Å². The Kier molecular flexibility index (Phi) is 4.51. The fourth-order valence-corrected chi connectivity index (χ4v) is 1.86. The minimum Gasteiger partial charge on any atom is -0.493 e. The zero-order chi connectivity index (χ0) is 15.4. The van der Waals surface area contributed by atoms with Crippen LogP contribution in [0.3, 0.4) is 0 Å².